The maximum atomic E-state index is 12.4. The number of hydrogen-bond donors (Lipinski definition) is 0. The first kappa shape index (κ1) is 20.3. The zero-order valence-corrected chi connectivity index (χ0v) is 16.9. The Hall–Kier alpha value is -3.39. The smallest absolute Gasteiger partial charge is 0.331 e. The summed E-state index contributed by atoms with van der Waals surface area (Å²) in [5.74, 6) is 0.0351. The third kappa shape index (κ3) is 4.72. The second kappa shape index (κ2) is 9.20. The molecule has 3 rings (SSSR count). The number of nitrogens with zero attached hydrogens (tertiary/aromatic N) is 1. The van der Waals surface area contributed by atoms with E-state index < -0.39 is 18.4 Å². The summed E-state index contributed by atoms with van der Waals surface area (Å²) < 4.78 is 21.7. The van der Waals surface area contributed by atoms with E-state index in [1.54, 1.807) is 6.08 Å². The van der Waals surface area contributed by atoms with E-state index in [1.165, 1.54) is 50.9 Å². The number of rotatable bonds is 8. The molecule has 0 saturated carbocycles. The molecule has 0 aliphatic rings. The number of benzene rings is 2. The number of carbonyl (C=O) groups excluding carboxylic acids is 2. The molecule has 0 saturated heterocycles. The summed E-state index contributed by atoms with van der Waals surface area (Å²) in [6, 6.07) is 10.7. The molecule has 0 fully saturated rings. The number of Topliss-reactive ketones (excluding diaryl/α,β-unsaturated/α-hetero) is 1. The lowest BCUT2D eigenvalue weighted by atomic mass is 10.1. The number of hydrogen-bond acceptors (Lipinski definition) is 8. The molecule has 0 atom stereocenters. The van der Waals surface area contributed by atoms with E-state index in [0.717, 1.165) is 10.2 Å². The van der Waals surface area contributed by atoms with E-state index in [-0.39, 0.29) is 5.56 Å². The van der Waals surface area contributed by atoms with Gasteiger partial charge in [-0.2, -0.15) is 0 Å². The molecule has 0 N–H and O–H groups in total. The van der Waals surface area contributed by atoms with Gasteiger partial charge in [-0.1, -0.05) is 12.1 Å². The van der Waals surface area contributed by atoms with E-state index in [0.29, 0.717) is 22.3 Å². The van der Waals surface area contributed by atoms with Gasteiger partial charge < -0.3 is 18.9 Å². The topological polar surface area (TPSA) is 84.0 Å². The Morgan fingerprint density at radius 1 is 1.03 bits per heavy atom. The Kier molecular flexibility index (Phi) is 6.46. The molecule has 0 unspecified atom stereocenters. The molecule has 0 spiro atoms. The van der Waals surface area contributed by atoms with Crippen LogP contribution in [0.15, 0.2) is 42.5 Å². The highest BCUT2D eigenvalue weighted by Crippen LogP contribution is 2.38. The van der Waals surface area contributed by atoms with Gasteiger partial charge in [-0.15, -0.1) is 11.3 Å². The van der Waals surface area contributed by atoms with E-state index >= 15 is 0 Å². The average Bonchev–Trinajstić information content (AvgIpc) is 3.17. The van der Waals surface area contributed by atoms with Crippen LogP contribution in [0.4, 0.5) is 0 Å². The second-order valence-electron chi connectivity index (χ2n) is 5.80. The first-order valence-electron chi connectivity index (χ1n) is 8.59. The number of thiazole rings is 1. The van der Waals surface area contributed by atoms with Crippen molar-refractivity contribution in [2.45, 2.75) is 0 Å². The molecule has 150 valence electrons. The maximum Gasteiger partial charge on any atom is 0.331 e. The Bertz CT molecular complexity index is 1010. The number of carbonyl (C=O) groups is 2. The zero-order chi connectivity index (χ0) is 20.8. The number of ketones is 1. The van der Waals surface area contributed by atoms with Crippen molar-refractivity contribution in [3.8, 4) is 17.2 Å². The van der Waals surface area contributed by atoms with Gasteiger partial charge in [-0.05, 0) is 30.3 Å². The van der Waals surface area contributed by atoms with Gasteiger partial charge in [0.05, 0.1) is 31.5 Å². The molecule has 3 aromatic rings. The molecule has 0 bridgehead atoms. The number of para-hydroxylation sites is 1. The van der Waals surface area contributed by atoms with Gasteiger partial charge in [0.1, 0.15) is 5.01 Å². The van der Waals surface area contributed by atoms with Crippen LogP contribution in [-0.4, -0.2) is 44.7 Å². The molecular weight excluding hydrogens is 394 g/mol. The fourth-order valence-electron chi connectivity index (χ4n) is 2.61. The number of ether oxygens (including phenoxy) is 4. The van der Waals surface area contributed by atoms with Gasteiger partial charge in [0.25, 0.3) is 0 Å². The van der Waals surface area contributed by atoms with Crippen molar-refractivity contribution in [3.05, 3.63) is 53.0 Å². The van der Waals surface area contributed by atoms with Crippen molar-refractivity contribution in [3.63, 3.8) is 0 Å². The normalized spacial score (nSPS) is 10.9. The van der Waals surface area contributed by atoms with Crippen LogP contribution in [0.25, 0.3) is 16.3 Å². The Morgan fingerprint density at radius 2 is 1.72 bits per heavy atom. The first-order chi connectivity index (χ1) is 14.0. The average molecular weight is 413 g/mol. The standard InChI is InChI=1S/C21H19NO6S/c1-25-16-10-13(11-17(26-2)21(16)27-3)15(23)12-28-20(24)9-8-19-22-14-6-4-5-7-18(14)29-19/h4-11H,12H2,1-3H3/b9-8+. The van der Waals surface area contributed by atoms with E-state index in [2.05, 4.69) is 4.98 Å². The number of esters is 1. The van der Waals surface area contributed by atoms with Crippen LogP contribution < -0.4 is 14.2 Å². The molecule has 0 aliphatic heterocycles. The highest BCUT2D eigenvalue weighted by molar-refractivity contribution is 7.19. The minimum absolute atomic E-state index is 0.280. The summed E-state index contributed by atoms with van der Waals surface area (Å²) in [6.45, 7) is -0.415. The lowest BCUT2D eigenvalue weighted by Crippen LogP contribution is -2.13. The molecule has 7 nitrogen and oxygen atoms in total. The van der Waals surface area contributed by atoms with Crippen LogP contribution in [0, 0.1) is 0 Å². The molecule has 0 radical (unpaired) electrons. The number of aromatic nitrogens is 1. The summed E-state index contributed by atoms with van der Waals surface area (Å²) in [5, 5.41) is 0.680. The molecule has 1 aromatic heterocycles. The van der Waals surface area contributed by atoms with Crippen LogP contribution in [0.1, 0.15) is 15.4 Å². The molecule has 1 heterocycles. The summed E-state index contributed by atoms with van der Waals surface area (Å²) in [7, 11) is 4.39. The molecule has 8 heteroatoms. The van der Waals surface area contributed by atoms with E-state index in [9.17, 15) is 9.59 Å². The Morgan fingerprint density at radius 3 is 2.34 bits per heavy atom. The van der Waals surface area contributed by atoms with Crippen LogP contribution in [0.5, 0.6) is 17.2 Å². The first-order valence-corrected chi connectivity index (χ1v) is 9.41. The minimum atomic E-state index is -0.634. The fourth-order valence-corrected chi connectivity index (χ4v) is 3.48. The Labute approximate surface area is 171 Å². The predicted molar refractivity (Wildman–Crippen MR) is 110 cm³/mol. The highest BCUT2D eigenvalue weighted by Gasteiger charge is 2.17. The predicted octanol–water partition coefficient (Wildman–Crippen LogP) is 3.76. The van der Waals surface area contributed by atoms with Crippen LogP contribution in [0.2, 0.25) is 0 Å². The second-order valence-corrected chi connectivity index (χ2v) is 6.86. The number of fused-ring (bicyclic) bond motifs is 1. The molecule has 0 amide bonds. The lowest BCUT2D eigenvalue weighted by Gasteiger charge is -2.13. The van der Waals surface area contributed by atoms with Crippen molar-refractivity contribution < 1.29 is 28.5 Å². The molecule has 0 aliphatic carbocycles. The number of methoxy groups -OCH3 is 3. The van der Waals surface area contributed by atoms with Crippen molar-refractivity contribution in [1.82, 2.24) is 4.98 Å². The largest absolute Gasteiger partial charge is 0.493 e. The van der Waals surface area contributed by atoms with Crippen molar-refractivity contribution in [2.75, 3.05) is 27.9 Å². The zero-order valence-electron chi connectivity index (χ0n) is 16.1. The molecule has 29 heavy (non-hydrogen) atoms. The van der Waals surface area contributed by atoms with E-state index in [1.807, 2.05) is 24.3 Å². The van der Waals surface area contributed by atoms with Crippen LogP contribution in [-0.2, 0) is 9.53 Å². The summed E-state index contributed by atoms with van der Waals surface area (Å²) >= 11 is 1.46. The SMILES string of the molecule is COc1cc(C(=O)COC(=O)/C=C/c2nc3ccccc3s2)cc(OC)c1OC. The van der Waals surface area contributed by atoms with Crippen molar-refractivity contribution in [1.29, 1.82) is 0 Å². The van der Waals surface area contributed by atoms with Gasteiger partial charge in [0, 0.05) is 11.6 Å². The lowest BCUT2D eigenvalue weighted by molar-refractivity contribution is -0.136. The van der Waals surface area contributed by atoms with Crippen LogP contribution >= 0.6 is 11.3 Å². The summed E-state index contributed by atoms with van der Waals surface area (Å²) in [5.41, 5.74) is 1.14. The fraction of sp³-hybridized carbons (Fsp3) is 0.190. The highest BCUT2D eigenvalue weighted by atomic mass is 32.1. The van der Waals surface area contributed by atoms with Gasteiger partial charge in [-0.3, -0.25) is 4.79 Å². The van der Waals surface area contributed by atoms with Crippen LogP contribution in [0.3, 0.4) is 0 Å². The Balaban J connectivity index is 1.64. The third-order valence-corrected chi connectivity index (χ3v) is 5.01. The van der Waals surface area contributed by atoms with Gasteiger partial charge in [0.2, 0.25) is 11.5 Å². The van der Waals surface area contributed by atoms with Gasteiger partial charge in [-0.25, -0.2) is 9.78 Å². The minimum Gasteiger partial charge on any atom is -0.493 e. The van der Waals surface area contributed by atoms with Gasteiger partial charge in [0.15, 0.2) is 18.1 Å². The third-order valence-electron chi connectivity index (χ3n) is 4.00. The maximum absolute atomic E-state index is 12.4. The summed E-state index contributed by atoms with van der Waals surface area (Å²) in [6.07, 6.45) is 2.82. The van der Waals surface area contributed by atoms with Crippen molar-refractivity contribution >= 4 is 39.4 Å². The quantitative estimate of drug-likeness (QED) is 0.316. The van der Waals surface area contributed by atoms with E-state index in [4.69, 9.17) is 18.9 Å². The summed E-state index contributed by atoms with van der Waals surface area (Å²) in [4.78, 5) is 28.8. The van der Waals surface area contributed by atoms with Gasteiger partial charge >= 0.3 is 5.97 Å². The molecular formula is C21H19NO6S. The monoisotopic (exact) mass is 413 g/mol. The van der Waals surface area contributed by atoms with Crippen molar-refractivity contribution in [2.24, 2.45) is 0 Å². The molecule has 2 aromatic carbocycles.